The molecule has 0 unspecified atom stereocenters. The number of halogens is 1. The summed E-state index contributed by atoms with van der Waals surface area (Å²) in [6.07, 6.45) is 0. The van der Waals surface area contributed by atoms with E-state index in [2.05, 4.69) is 21.2 Å². The van der Waals surface area contributed by atoms with Gasteiger partial charge < -0.3 is 15.5 Å². The summed E-state index contributed by atoms with van der Waals surface area (Å²) in [4.78, 5) is 11.9. The van der Waals surface area contributed by atoms with Gasteiger partial charge in [0, 0.05) is 11.0 Å². The van der Waals surface area contributed by atoms with Crippen molar-refractivity contribution in [2.75, 3.05) is 0 Å². The molecular formula is C14H12BrNO3. The highest BCUT2D eigenvalue weighted by Crippen LogP contribution is 2.22. The number of aromatic hydroxyl groups is 2. The Hall–Kier alpha value is -2.01. The molecule has 5 heteroatoms. The molecule has 2 rings (SSSR count). The first-order valence-corrected chi connectivity index (χ1v) is 6.41. The van der Waals surface area contributed by atoms with Gasteiger partial charge in [-0.2, -0.15) is 0 Å². The molecule has 0 aliphatic carbocycles. The zero-order chi connectivity index (χ0) is 13.8. The molecule has 0 saturated carbocycles. The zero-order valence-electron chi connectivity index (χ0n) is 9.93. The summed E-state index contributed by atoms with van der Waals surface area (Å²) >= 11 is 3.39. The molecule has 0 fully saturated rings. The molecule has 3 N–H and O–H groups in total. The van der Waals surface area contributed by atoms with Crippen molar-refractivity contribution in [3.05, 3.63) is 58.1 Å². The second kappa shape index (κ2) is 5.75. The second-order valence-electron chi connectivity index (χ2n) is 3.98. The molecule has 0 atom stereocenters. The van der Waals surface area contributed by atoms with Crippen LogP contribution in [-0.2, 0) is 6.54 Å². The van der Waals surface area contributed by atoms with Crippen LogP contribution in [-0.4, -0.2) is 16.1 Å². The molecule has 0 saturated heterocycles. The number of hydrogen-bond acceptors (Lipinski definition) is 3. The number of phenolic OH excluding ortho intramolecular Hbond substituents is 2. The van der Waals surface area contributed by atoms with Gasteiger partial charge in [-0.25, -0.2) is 0 Å². The highest BCUT2D eigenvalue weighted by Gasteiger charge is 2.12. The van der Waals surface area contributed by atoms with Crippen molar-refractivity contribution in [2.24, 2.45) is 0 Å². The molecule has 2 aromatic carbocycles. The van der Waals surface area contributed by atoms with Gasteiger partial charge in [0.2, 0.25) is 0 Å². The molecule has 98 valence electrons. The molecule has 1 amide bonds. The lowest BCUT2D eigenvalue weighted by molar-refractivity contribution is 0.0947. The summed E-state index contributed by atoms with van der Waals surface area (Å²) in [5.74, 6) is -0.671. The van der Waals surface area contributed by atoms with Crippen molar-refractivity contribution >= 4 is 21.8 Å². The second-order valence-corrected chi connectivity index (χ2v) is 4.83. The van der Waals surface area contributed by atoms with Gasteiger partial charge in [0.1, 0.15) is 11.5 Å². The maximum atomic E-state index is 11.9. The van der Waals surface area contributed by atoms with E-state index < -0.39 is 5.91 Å². The van der Waals surface area contributed by atoms with E-state index in [1.54, 1.807) is 0 Å². The van der Waals surface area contributed by atoms with E-state index in [4.69, 9.17) is 0 Å². The Bertz CT molecular complexity index is 613. The number of nitrogens with one attached hydrogen (secondary N) is 1. The van der Waals surface area contributed by atoms with E-state index in [9.17, 15) is 15.0 Å². The van der Waals surface area contributed by atoms with Crippen molar-refractivity contribution in [1.29, 1.82) is 0 Å². The van der Waals surface area contributed by atoms with Gasteiger partial charge in [0.15, 0.2) is 0 Å². The van der Waals surface area contributed by atoms with Crippen LogP contribution >= 0.6 is 15.9 Å². The van der Waals surface area contributed by atoms with Gasteiger partial charge in [-0.15, -0.1) is 0 Å². The van der Waals surface area contributed by atoms with Gasteiger partial charge in [0.25, 0.3) is 5.91 Å². The van der Waals surface area contributed by atoms with Gasteiger partial charge in [-0.3, -0.25) is 4.79 Å². The first kappa shape index (κ1) is 13.4. The maximum Gasteiger partial charge on any atom is 0.255 e. The van der Waals surface area contributed by atoms with Gasteiger partial charge >= 0.3 is 0 Å². The maximum absolute atomic E-state index is 11.9. The molecule has 0 radical (unpaired) electrons. The molecule has 0 aliphatic rings. The summed E-state index contributed by atoms with van der Waals surface area (Å²) in [7, 11) is 0. The van der Waals surface area contributed by atoms with Crippen LogP contribution in [0.3, 0.4) is 0 Å². The van der Waals surface area contributed by atoms with Crippen LogP contribution in [0.1, 0.15) is 15.9 Å². The molecule has 0 heterocycles. The van der Waals surface area contributed by atoms with Crippen molar-refractivity contribution in [3.63, 3.8) is 0 Å². The van der Waals surface area contributed by atoms with Crippen LogP contribution in [0.5, 0.6) is 11.5 Å². The number of rotatable bonds is 3. The average molecular weight is 322 g/mol. The molecule has 0 spiro atoms. The number of carbonyl (C=O) groups is 1. The quantitative estimate of drug-likeness (QED) is 0.761. The summed E-state index contributed by atoms with van der Waals surface area (Å²) in [5.41, 5.74) is 0.975. The van der Waals surface area contributed by atoms with Crippen molar-refractivity contribution < 1.29 is 15.0 Å². The lowest BCUT2D eigenvalue weighted by atomic mass is 10.1. The number of hydrogen-bond donors (Lipinski definition) is 3. The third-order valence-corrected chi connectivity index (χ3v) is 3.40. The smallest absolute Gasteiger partial charge is 0.255 e. The Morgan fingerprint density at radius 3 is 2.63 bits per heavy atom. The van der Waals surface area contributed by atoms with E-state index in [1.807, 2.05) is 24.3 Å². The fraction of sp³-hybridized carbons (Fsp3) is 0.0714. The monoisotopic (exact) mass is 321 g/mol. The fourth-order valence-corrected chi connectivity index (χ4v) is 2.04. The average Bonchev–Trinajstić information content (AvgIpc) is 2.40. The third kappa shape index (κ3) is 3.26. The van der Waals surface area contributed by atoms with Crippen LogP contribution in [0.15, 0.2) is 46.9 Å². The van der Waals surface area contributed by atoms with Crippen LogP contribution in [0.2, 0.25) is 0 Å². The van der Waals surface area contributed by atoms with Crippen LogP contribution in [0.25, 0.3) is 0 Å². The SMILES string of the molecule is O=C(NCc1ccccc1Br)c1cc(O)ccc1O. The Balaban J connectivity index is 2.10. The molecular weight excluding hydrogens is 310 g/mol. The normalized spacial score (nSPS) is 10.2. The standard InChI is InChI=1S/C14H12BrNO3/c15-12-4-2-1-3-9(12)8-16-14(19)11-7-10(17)5-6-13(11)18/h1-7,17-18H,8H2,(H,16,19). The highest BCUT2D eigenvalue weighted by atomic mass is 79.9. The van der Waals surface area contributed by atoms with Crippen LogP contribution in [0, 0.1) is 0 Å². The molecule has 0 aromatic heterocycles. The molecule has 0 bridgehead atoms. The first-order valence-electron chi connectivity index (χ1n) is 5.61. The van der Waals surface area contributed by atoms with E-state index in [0.717, 1.165) is 10.0 Å². The number of phenols is 2. The predicted molar refractivity (Wildman–Crippen MR) is 75.1 cm³/mol. The number of benzene rings is 2. The Kier molecular flexibility index (Phi) is 4.06. The largest absolute Gasteiger partial charge is 0.508 e. The zero-order valence-corrected chi connectivity index (χ0v) is 11.5. The molecule has 19 heavy (non-hydrogen) atoms. The van der Waals surface area contributed by atoms with Gasteiger partial charge in [0.05, 0.1) is 5.56 Å². The Morgan fingerprint density at radius 2 is 1.89 bits per heavy atom. The summed E-state index contributed by atoms with van der Waals surface area (Å²) in [5, 5.41) is 21.6. The summed E-state index contributed by atoms with van der Waals surface area (Å²) < 4.78 is 0.899. The minimum atomic E-state index is -0.441. The van der Waals surface area contributed by atoms with Gasteiger partial charge in [-0.05, 0) is 29.8 Å². The van der Waals surface area contributed by atoms with Crippen molar-refractivity contribution in [3.8, 4) is 11.5 Å². The lowest BCUT2D eigenvalue weighted by Gasteiger charge is -2.08. The molecule has 2 aromatic rings. The molecule has 4 nitrogen and oxygen atoms in total. The summed E-state index contributed by atoms with van der Waals surface area (Å²) in [6, 6.07) is 11.3. The summed E-state index contributed by atoms with van der Waals surface area (Å²) in [6.45, 7) is 0.329. The Labute approximate surface area is 118 Å². The fourth-order valence-electron chi connectivity index (χ4n) is 1.62. The van der Waals surface area contributed by atoms with Crippen LogP contribution < -0.4 is 5.32 Å². The van der Waals surface area contributed by atoms with Crippen molar-refractivity contribution in [2.45, 2.75) is 6.54 Å². The molecule has 0 aliphatic heterocycles. The first-order chi connectivity index (χ1) is 9.08. The van der Waals surface area contributed by atoms with Gasteiger partial charge in [-0.1, -0.05) is 34.1 Å². The van der Waals surface area contributed by atoms with E-state index in [-0.39, 0.29) is 17.1 Å². The van der Waals surface area contributed by atoms with Crippen LogP contribution in [0.4, 0.5) is 0 Å². The third-order valence-electron chi connectivity index (χ3n) is 2.62. The lowest BCUT2D eigenvalue weighted by Crippen LogP contribution is -2.23. The minimum absolute atomic E-state index is 0.0482. The predicted octanol–water partition coefficient (Wildman–Crippen LogP) is 2.79. The van der Waals surface area contributed by atoms with Crippen molar-refractivity contribution in [1.82, 2.24) is 5.32 Å². The van der Waals surface area contributed by atoms with E-state index in [1.165, 1.54) is 18.2 Å². The minimum Gasteiger partial charge on any atom is -0.508 e. The highest BCUT2D eigenvalue weighted by molar-refractivity contribution is 9.10. The topological polar surface area (TPSA) is 69.6 Å². The number of carbonyl (C=O) groups excluding carboxylic acids is 1. The van der Waals surface area contributed by atoms with E-state index >= 15 is 0 Å². The van der Waals surface area contributed by atoms with E-state index in [0.29, 0.717) is 6.54 Å². The number of amides is 1. The Morgan fingerprint density at radius 1 is 1.16 bits per heavy atom.